The molecule has 21 heavy (non-hydrogen) atoms. The standard InChI is InChI=1S/C13H8Cl2N2O2S2/c14-8-2-1-3-10(6-8)21(18,19)17-13-16-11-5-4-9(15)7-12(11)20-13/h1-7H,(H,16,17). The van der Waals surface area contributed by atoms with Crippen LogP contribution >= 0.6 is 34.5 Å². The van der Waals surface area contributed by atoms with Crippen LogP contribution in [0.15, 0.2) is 47.4 Å². The Kier molecular flexibility index (Phi) is 3.79. The molecule has 0 saturated heterocycles. The summed E-state index contributed by atoms with van der Waals surface area (Å²) < 4.78 is 27.8. The van der Waals surface area contributed by atoms with Gasteiger partial charge in [0, 0.05) is 10.0 Å². The van der Waals surface area contributed by atoms with Gasteiger partial charge in [-0.3, -0.25) is 4.72 Å². The number of halogens is 2. The first-order chi connectivity index (χ1) is 9.94. The second kappa shape index (κ2) is 5.46. The summed E-state index contributed by atoms with van der Waals surface area (Å²) in [6.07, 6.45) is 0. The maximum atomic E-state index is 12.3. The number of rotatable bonds is 3. The predicted molar refractivity (Wildman–Crippen MR) is 86.9 cm³/mol. The van der Waals surface area contributed by atoms with E-state index in [4.69, 9.17) is 23.2 Å². The summed E-state index contributed by atoms with van der Waals surface area (Å²) >= 11 is 12.9. The van der Waals surface area contributed by atoms with Gasteiger partial charge in [-0.2, -0.15) is 0 Å². The normalized spacial score (nSPS) is 11.7. The first kappa shape index (κ1) is 14.6. The van der Waals surface area contributed by atoms with Crippen LogP contribution in [0.2, 0.25) is 10.0 Å². The molecule has 0 radical (unpaired) electrons. The fourth-order valence-electron chi connectivity index (χ4n) is 1.75. The maximum Gasteiger partial charge on any atom is 0.263 e. The number of sulfonamides is 1. The van der Waals surface area contributed by atoms with E-state index in [1.54, 1.807) is 30.3 Å². The van der Waals surface area contributed by atoms with Gasteiger partial charge in [-0.25, -0.2) is 13.4 Å². The third-order valence-corrected chi connectivity index (χ3v) is 5.55. The van der Waals surface area contributed by atoms with Crippen molar-refractivity contribution in [3.63, 3.8) is 0 Å². The van der Waals surface area contributed by atoms with Crippen LogP contribution in [-0.4, -0.2) is 13.4 Å². The quantitative estimate of drug-likeness (QED) is 0.754. The van der Waals surface area contributed by atoms with Gasteiger partial charge in [-0.1, -0.05) is 40.6 Å². The molecule has 3 rings (SSSR count). The predicted octanol–water partition coefficient (Wildman–Crippen LogP) is 4.40. The highest BCUT2D eigenvalue weighted by Gasteiger charge is 2.17. The molecule has 0 aliphatic carbocycles. The van der Waals surface area contributed by atoms with Gasteiger partial charge in [0.05, 0.1) is 15.1 Å². The zero-order chi connectivity index (χ0) is 15.0. The lowest BCUT2D eigenvalue weighted by atomic mass is 10.3. The molecule has 0 unspecified atom stereocenters. The zero-order valence-electron chi connectivity index (χ0n) is 10.4. The van der Waals surface area contributed by atoms with E-state index in [9.17, 15) is 8.42 Å². The molecule has 0 fully saturated rings. The highest BCUT2D eigenvalue weighted by Crippen LogP contribution is 2.29. The van der Waals surface area contributed by atoms with E-state index in [-0.39, 0.29) is 10.0 Å². The zero-order valence-corrected chi connectivity index (χ0v) is 13.5. The van der Waals surface area contributed by atoms with Crippen LogP contribution < -0.4 is 4.72 Å². The number of benzene rings is 2. The Hall–Kier alpha value is -1.34. The number of thiazole rings is 1. The fraction of sp³-hybridized carbons (Fsp3) is 0. The monoisotopic (exact) mass is 358 g/mol. The Bertz CT molecular complexity index is 923. The van der Waals surface area contributed by atoms with Crippen molar-refractivity contribution in [2.75, 3.05) is 4.72 Å². The van der Waals surface area contributed by atoms with Crippen LogP contribution in [0.25, 0.3) is 10.2 Å². The lowest BCUT2D eigenvalue weighted by Gasteiger charge is -2.04. The number of fused-ring (bicyclic) bond motifs is 1. The molecule has 0 aliphatic rings. The van der Waals surface area contributed by atoms with Crippen molar-refractivity contribution in [2.45, 2.75) is 4.90 Å². The smallest absolute Gasteiger partial charge is 0.255 e. The minimum Gasteiger partial charge on any atom is -0.255 e. The second-order valence-corrected chi connectivity index (χ2v) is 7.78. The third kappa shape index (κ3) is 3.13. The Morgan fingerprint density at radius 1 is 1.05 bits per heavy atom. The summed E-state index contributed by atoms with van der Waals surface area (Å²) in [5.41, 5.74) is 0.688. The van der Waals surface area contributed by atoms with E-state index in [2.05, 4.69) is 9.71 Å². The van der Waals surface area contributed by atoms with Crippen LogP contribution in [0.1, 0.15) is 0 Å². The molecule has 1 heterocycles. The van der Waals surface area contributed by atoms with Gasteiger partial charge < -0.3 is 0 Å². The van der Waals surface area contributed by atoms with Crippen molar-refractivity contribution in [3.05, 3.63) is 52.5 Å². The van der Waals surface area contributed by atoms with E-state index < -0.39 is 10.0 Å². The SMILES string of the molecule is O=S(=O)(Nc1nc2ccc(Cl)cc2s1)c1cccc(Cl)c1. The average molecular weight is 359 g/mol. The molecule has 1 N–H and O–H groups in total. The fourth-order valence-corrected chi connectivity index (χ4v) is 4.43. The minimum absolute atomic E-state index is 0.0901. The van der Waals surface area contributed by atoms with E-state index in [1.165, 1.54) is 23.5 Å². The number of anilines is 1. The molecule has 0 aliphatic heterocycles. The second-order valence-electron chi connectivity index (χ2n) is 4.19. The van der Waals surface area contributed by atoms with Gasteiger partial charge in [-0.05, 0) is 36.4 Å². The van der Waals surface area contributed by atoms with Gasteiger partial charge in [-0.15, -0.1) is 0 Å². The molecule has 108 valence electrons. The number of hydrogen-bond acceptors (Lipinski definition) is 4. The van der Waals surface area contributed by atoms with Crippen molar-refractivity contribution < 1.29 is 8.42 Å². The van der Waals surface area contributed by atoms with Crippen LogP contribution in [0.5, 0.6) is 0 Å². The topological polar surface area (TPSA) is 59.1 Å². The largest absolute Gasteiger partial charge is 0.263 e. The molecule has 8 heteroatoms. The van der Waals surface area contributed by atoms with Crippen LogP contribution in [-0.2, 0) is 10.0 Å². The van der Waals surface area contributed by atoms with Gasteiger partial charge >= 0.3 is 0 Å². The molecule has 1 aromatic heterocycles. The molecule has 2 aromatic carbocycles. The van der Waals surface area contributed by atoms with Gasteiger partial charge in [0.2, 0.25) is 0 Å². The maximum absolute atomic E-state index is 12.3. The molecule has 4 nitrogen and oxygen atoms in total. The molecule has 0 amide bonds. The van der Waals surface area contributed by atoms with Gasteiger partial charge in [0.25, 0.3) is 10.0 Å². The van der Waals surface area contributed by atoms with E-state index >= 15 is 0 Å². The van der Waals surface area contributed by atoms with Crippen molar-refractivity contribution in [3.8, 4) is 0 Å². The summed E-state index contributed by atoms with van der Waals surface area (Å²) in [4.78, 5) is 4.31. The van der Waals surface area contributed by atoms with E-state index in [0.717, 1.165) is 4.70 Å². The van der Waals surface area contributed by atoms with Gasteiger partial charge in [0.1, 0.15) is 0 Å². The lowest BCUT2D eigenvalue weighted by Crippen LogP contribution is -2.12. The highest BCUT2D eigenvalue weighted by molar-refractivity contribution is 7.93. The van der Waals surface area contributed by atoms with Crippen molar-refractivity contribution in [1.29, 1.82) is 0 Å². The molecular weight excluding hydrogens is 351 g/mol. The summed E-state index contributed by atoms with van der Waals surface area (Å²) in [5.74, 6) is 0. The number of nitrogens with zero attached hydrogens (tertiary/aromatic N) is 1. The van der Waals surface area contributed by atoms with Crippen LogP contribution in [0.4, 0.5) is 5.13 Å². The Morgan fingerprint density at radius 3 is 2.57 bits per heavy atom. The first-order valence-corrected chi connectivity index (χ1v) is 8.84. The Labute approximate surface area is 135 Å². The molecule has 0 spiro atoms. The third-order valence-electron chi connectivity index (χ3n) is 2.68. The summed E-state index contributed by atoms with van der Waals surface area (Å²) in [5, 5.41) is 1.22. The summed E-state index contributed by atoms with van der Waals surface area (Å²) in [6.45, 7) is 0. The lowest BCUT2D eigenvalue weighted by molar-refractivity contribution is 0.601. The number of aromatic nitrogens is 1. The van der Waals surface area contributed by atoms with Crippen LogP contribution in [0, 0.1) is 0 Å². The average Bonchev–Trinajstić information content (AvgIpc) is 2.79. The number of nitrogens with one attached hydrogen (secondary N) is 1. The molecule has 0 saturated carbocycles. The van der Waals surface area contributed by atoms with Gasteiger partial charge in [0.15, 0.2) is 5.13 Å². The Morgan fingerprint density at radius 2 is 1.81 bits per heavy atom. The van der Waals surface area contributed by atoms with E-state index in [1.807, 2.05) is 0 Å². The summed E-state index contributed by atoms with van der Waals surface area (Å²) in [7, 11) is -3.71. The molecule has 3 aromatic rings. The van der Waals surface area contributed by atoms with Crippen molar-refractivity contribution in [2.24, 2.45) is 0 Å². The van der Waals surface area contributed by atoms with Crippen molar-refractivity contribution in [1.82, 2.24) is 4.98 Å². The first-order valence-electron chi connectivity index (χ1n) is 5.78. The molecule has 0 bridgehead atoms. The van der Waals surface area contributed by atoms with Crippen LogP contribution in [0.3, 0.4) is 0 Å². The molecular formula is C13H8Cl2N2O2S2. The van der Waals surface area contributed by atoms with E-state index in [0.29, 0.717) is 15.6 Å². The van der Waals surface area contributed by atoms with Crippen molar-refractivity contribution >= 4 is 59.9 Å². The molecule has 0 atom stereocenters. The number of hydrogen-bond donors (Lipinski definition) is 1. The highest BCUT2D eigenvalue weighted by atomic mass is 35.5. The minimum atomic E-state index is -3.71. The summed E-state index contributed by atoms with van der Waals surface area (Å²) in [6, 6.07) is 11.2. The Balaban J connectivity index is 1.97.